The van der Waals surface area contributed by atoms with E-state index in [9.17, 15) is 13.6 Å². The smallest absolute Gasteiger partial charge is 0.223 e. The van der Waals surface area contributed by atoms with Crippen molar-refractivity contribution in [1.29, 1.82) is 0 Å². The fraction of sp³-hybridized carbons (Fsp3) is 0.304. The van der Waals surface area contributed by atoms with E-state index in [4.69, 9.17) is 4.74 Å². The minimum atomic E-state index is -0.779. The van der Waals surface area contributed by atoms with Gasteiger partial charge in [-0.1, -0.05) is 30.3 Å². The van der Waals surface area contributed by atoms with E-state index < -0.39 is 11.6 Å². The summed E-state index contributed by atoms with van der Waals surface area (Å²) in [4.78, 5) is 12.4. The molecule has 4 rings (SSSR count). The Kier molecular flexibility index (Phi) is 6.07. The average Bonchev–Trinajstić information content (AvgIpc) is 3.14. The van der Waals surface area contributed by atoms with E-state index in [-0.39, 0.29) is 30.7 Å². The summed E-state index contributed by atoms with van der Waals surface area (Å²) in [6, 6.07) is 13.1. The number of hydrogen-bond donors (Lipinski definition) is 1. The number of ether oxygens (including phenoxy) is 1. The standard InChI is InChI=1S/C23H23F2N3O2/c24-17-9-10-22(19(25)13-17)30-12-11-23(29)27-20-7-4-8-21-18(20)14-26-28(21)15-16-5-2-1-3-6-16/h1-3,5-6,9-10,13-14,20H,4,7-8,11-12,15H2,(H,27,29)/t20-/m1/s1. The molecule has 0 bridgehead atoms. The fourth-order valence-electron chi connectivity index (χ4n) is 3.77. The van der Waals surface area contributed by atoms with Crippen molar-refractivity contribution in [2.24, 2.45) is 0 Å². The van der Waals surface area contributed by atoms with Crippen LogP contribution >= 0.6 is 0 Å². The Morgan fingerprint density at radius 1 is 1.20 bits per heavy atom. The highest BCUT2D eigenvalue weighted by Gasteiger charge is 2.25. The normalized spacial score (nSPS) is 15.5. The van der Waals surface area contributed by atoms with Crippen molar-refractivity contribution < 1.29 is 18.3 Å². The number of halogens is 2. The molecule has 0 saturated carbocycles. The molecule has 7 heteroatoms. The van der Waals surface area contributed by atoms with Gasteiger partial charge in [-0.3, -0.25) is 9.48 Å². The first-order valence-electron chi connectivity index (χ1n) is 10.1. The molecule has 1 aromatic heterocycles. The monoisotopic (exact) mass is 411 g/mol. The van der Waals surface area contributed by atoms with Gasteiger partial charge in [-0.15, -0.1) is 0 Å². The molecular formula is C23H23F2N3O2. The van der Waals surface area contributed by atoms with Gasteiger partial charge in [0.15, 0.2) is 11.6 Å². The van der Waals surface area contributed by atoms with Crippen molar-refractivity contribution in [3.05, 3.63) is 83.2 Å². The molecular weight excluding hydrogens is 388 g/mol. The maximum absolute atomic E-state index is 13.6. The second kappa shape index (κ2) is 9.07. The second-order valence-electron chi connectivity index (χ2n) is 7.38. The number of nitrogens with one attached hydrogen (secondary N) is 1. The zero-order valence-electron chi connectivity index (χ0n) is 16.5. The molecule has 1 atom stereocenters. The molecule has 30 heavy (non-hydrogen) atoms. The number of carbonyl (C=O) groups excluding carboxylic acids is 1. The van der Waals surface area contributed by atoms with Gasteiger partial charge < -0.3 is 10.1 Å². The molecule has 0 saturated heterocycles. The third-order valence-corrected chi connectivity index (χ3v) is 5.25. The van der Waals surface area contributed by atoms with E-state index in [1.165, 1.54) is 11.6 Å². The van der Waals surface area contributed by atoms with Crippen LogP contribution in [0.15, 0.2) is 54.7 Å². The van der Waals surface area contributed by atoms with Crippen LogP contribution in [0.2, 0.25) is 0 Å². The number of rotatable bonds is 7. The number of benzene rings is 2. The van der Waals surface area contributed by atoms with Gasteiger partial charge in [0.2, 0.25) is 5.91 Å². The highest BCUT2D eigenvalue weighted by atomic mass is 19.1. The molecule has 1 aliphatic rings. The first kappa shape index (κ1) is 20.1. The number of amides is 1. The second-order valence-corrected chi connectivity index (χ2v) is 7.38. The number of hydrogen-bond acceptors (Lipinski definition) is 3. The fourth-order valence-corrected chi connectivity index (χ4v) is 3.77. The molecule has 0 radical (unpaired) electrons. The van der Waals surface area contributed by atoms with Crippen LogP contribution in [0.3, 0.4) is 0 Å². The van der Waals surface area contributed by atoms with E-state index in [2.05, 4.69) is 22.5 Å². The van der Waals surface area contributed by atoms with Crippen LogP contribution in [0.1, 0.15) is 42.1 Å². The van der Waals surface area contributed by atoms with Crippen molar-refractivity contribution in [2.45, 2.75) is 38.3 Å². The van der Waals surface area contributed by atoms with Crippen LogP contribution in [-0.4, -0.2) is 22.3 Å². The van der Waals surface area contributed by atoms with Crippen LogP contribution in [0.5, 0.6) is 5.75 Å². The van der Waals surface area contributed by atoms with Gasteiger partial charge in [-0.2, -0.15) is 5.10 Å². The summed E-state index contributed by atoms with van der Waals surface area (Å²) in [6.07, 6.45) is 4.67. The van der Waals surface area contributed by atoms with Crippen molar-refractivity contribution in [3.63, 3.8) is 0 Å². The molecule has 2 aromatic carbocycles. The number of aromatic nitrogens is 2. The molecule has 5 nitrogen and oxygen atoms in total. The Morgan fingerprint density at radius 2 is 2.03 bits per heavy atom. The van der Waals surface area contributed by atoms with Gasteiger partial charge in [0.25, 0.3) is 0 Å². The Morgan fingerprint density at radius 3 is 2.83 bits per heavy atom. The minimum Gasteiger partial charge on any atom is -0.490 e. The Hall–Kier alpha value is -3.22. The Labute approximate surface area is 173 Å². The Bertz CT molecular complexity index is 1020. The Balaban J connectivity index is 1.34. The maximum atomic E-state index is 13.6. The zero-order chi connectivity index (χ0) is 20.9. The lowest BCUT2D eigenvalue weighted by Gasteiger charge is -2.24. The third kappa shape index (κ3) is 4.67. The van der Waals surface area contributed by atoms with Gasteiger partial charge in [-0.05, 0) is 37.0 Å². The lowest BCUT2D eigenvalue weighted by atomic mass is 9.92. The van der Waals surface area contributed by atoms with E-state index in [1.54, 1.807) is 0 Å². The van der Waals surface area contributed by atoms with Crippen molar-refractivity contribution in [2.75, 3.05) is 6.61 Å². The topological polar surface area (TPSA) is 56.1 Å². The predicted molar refractivity (Wildman–Crippen MR) is 108 cm³/mol. The summed E-state index contributed by atoms with van der Waals surface area (Å²) in [5, 5.41) is 7.57. The summed E-state index contributed by atoms with van der Waals surface area (Å²) < 4.78 is 33.8. The van der Waals surface area contributed by atoms with Crippen LogP contribution in [0, 0.1) is 11.6 Å². The molecule has 1 N–H and O–H groups in total. The van der Waals surface area contributed by atoms with Gasteiger partial charge in [0.1, 0.15) is 5.82 Å². The molecule has 0 unspecified atom stereocenters. The highest BCUT2D eigenvalue weighted by Crippen LogP contribution is 2.30. The van der Waals surface area contributed by atoms with Crippen molar-refractivity contribution in [3.8, 4) is 5.75 Å². The van der Waals surface area contributed by atoms with Gasteiger partial charge in [0, 0.05) is 17.3 Å². The molecule has 1 amide bonds. The SMILES string of the molecule is O=C(CCOc1ccc(F)cc1F)N[C@@H]1CCCc2c1cnn2Cc1ccccc1. The van der Waals surface area contributed by atoms with E-state index in [0.29, 0.717) is 6.54 Å². The van der Waals surface area contributed by atoms with Gasteiger partial charge >= 0.3 is 0 Å². The summed E-state index contributed by atoms with van der Waals surface area (Å²) in [6.45, 7) is 0.717. The summed E-state index contributed by atoms with van der Waals surface area (Å²) in [5.41, 5.74) is 3.38. The van der Waals surface area contributed by atoms with Crippen LogP contribution in [-0.2, 0) is 17.8 Å². The molecule has 156 valence electrons. The first-order chi connectivity index (χ1) is 14.6. The summed E-state index contributed by atoms with van der Waals surface area (Å²) in [7, 11) is 0. The largest absolute Gasteiger partial charge is 0.490 e. The molecule has 0 spiro atoms. The molecule has 0 fully saturated rings. The quantitative estimate of drug-likeness (QED) is 0.635. The number of nitrogens with zero attached hydrogens (tertiary/aromatic N) is 2. The average molecular weight is 411 g/mol. The van der Waals surface area contributed by atoms with Gasteiger partial charge in [-0.25, -0.2) is 8.78 Å². The predicted octanol–water partition coefficient (Wildman–Crippen LogP) is 4.17. The number of fused-ring (bicyclic) bond motifs is 1. The lowest BCUT2D eigenvalue weighted by Crippen LogP contribution is -2.31. The van der Waals surface area contributed by atoms with E-state index >= 15 is 0 Å². The maximum Gasteiger partial charge on any atom is 0.223 e. The molecule has 1 heterocycles. The lowest BCUT2D eigenvalue weighted by molar-refractivity contribution is -0.122. The van der Waals surface area contributed by atoms with E-state index in [0.717, 1.165) is 42.7 Å². The summed E-state index contributed by atoms with van der Waals surface area (Å²) in [5.74, 6) is -1.69. The zero-order valence-corrected chi connectivity index (χ0v) is 16.5. The number of carbonyl (C=O) groups is 1. The molecule has 3 aromatic rings. The van der Waals surface area contributed by atoms with E-state index in [1.807, 2.05) is 29.1 Å². The van der Waals surface area contributed by atoms with Crippen molar-refractivity contribution in [1.82, 2.24) is 15.1 Å². The van der Waals surface area contributed by atoms with Crippen LogP contribution in [0.4, 0.5) is 8.78 Å². The third-order valence-electron chi connectivity index (χ3n) is 5.25. The van der Waals surface area contributed by atoms with Crippen LogP contribution < -0.4 is 10.1 Å². The minimum absolute atomic E-state index is 0.0151. The van der Waals surface area contributed by atoms with Crippen molar-refractivity contribution >= 4 is 5.91 Å². The molecule has 1 aliphatic carbocycles. The highest BCUT2D eigenvalue weighted by molar-refractivity contribution is 5.76. The summed E-state index contributed by atoms with van der Waals surface area (Å²) >= 11 is 0. The van der Waals surface area contributed by atoms with Crippen LogP contribution in [0.25, 0.3) is 0 Å². The van der Waals surface area contributed by atoms with Gasteiger partial charge in [0.05, 0.1) is 31.8 Å². The molecule has 0 aliphatic heterocycles. The first-order valence-corrected chi connectivity index (χ1v) is 10.1.